The standard InChI is InChI=1S/C13H16N2S/c1-2-3-7-12(15-14)11-9-16-13-8-5-4-6-10(11)13/h1,4-6,8,11-12,15H,3,7,9,14H2. The third-order valence-electron chi connectivity index (χ3n) is 3.04. The number of hydrazine groups is 1. The molecule has 2 nitrogen and oxygen atoms in total. The Morgan fingerprint density at radius 2 is 2.38 bits per heavy atom. The monoisotopic (exact) mass is 232 g/mol. The molecule has 2 rings (SSSR count). The highest BCUT2D eigenvalue weighted by atomic mass is 32.2. The van der Waals surface area contributed by atoms with Crippen LogP contribution in [0.1, 0.15) is 24.3 Å². The molecule has 2 atom stereocenters. The van der Waals surface area contributed by atoms with E-state index < -0.39 is 0 Å². The van der Waals surface area contributed by atoms with Crippen LogP contribution < -0.4 is 11.3 Å². The second-order valence-electron chi connectivity index (χ2n) is 3.97. The molecule has 84 valence electrons. The molecule has 1 aromatic carbocycles. The summed E-state index contributed by atoms with van der Waals surface area (Å²) < 4.78 is 0. The first-order chi connectivity index (χ1) is 7.86. The summed E-state index contributed by atoms with van der Waals surface area (Å²) >= 11 is 1.91. The highest BCUT2D eigenvalue weighted by Crippen LogP contribution is 2.41. The van der Waals surface area contributed by atoms with Crippen molar-refractivity contribution in [1.82, 2.24) is 5.43 Å². The predicted octanol–water partition coefficient (Wildman–Crippen LogP) is 2.12. The van der Waals surface area contributed by atoms with Crippen LogP contribution in [0.15, 0.2) is 29.2 Å². The lowest BCUT2D eigenvalue weighted by Crippen LogP contribution is -2.39. The topological polar surface area (TPSA) is 38.0 Å². The van der Waals surface area contributed by atoms with Crippen LogP contribution in [0.3, 0.4) is 0 Å². The number of nitrogens with two attached hydrogens (primary N) is 1. The van der Waals surface area contributed by atoms with Crippen LogP contribution in [0, 0.1) is 12.3 Å². The zero-order chi connectivity index (χ0) is 11.4. The van der Waals surface area contributed by atoms with Crippen LogP contribution in [0.5, 0.6) is 0 Å². The number of fused-ring (bicyclic) bond motifs is 1. The number of hydrogen-bond acceptors (Lipinski definition) is 3. The fraction of sp³-hybridized carbons (Fsp3) is 0.385. The largest absolute Gasteiger partial charge is 0.271 e. The molecular formula is C13H16N2S. The zero-order valence-corrected chi connectivity index (χ0v) is 9.96. The summed E-state index contributed by atoms with van der Waals surface area (Å²) in [5.74, 6) is 9.88. The summed E-state index contributed by atoms with van der Waals surface area (Å²) in [7, 11) is 0. The van der Waals surface area contributed by atoms with E-state index in [0.717, 1.165) is 18.6 Å². The molecule has 16 heavy (non-hydrogen) atoms. The van der Waals surface area contributed by atoms with Gasteiger partial charge in [-0.2, -0.15) is 0 Å². The highest BCUT2D eigenvalue weighted by Gasteiger charge is 2.28. The lowest BCUT2D eigenvalue weighted by atomic mass is 9.91. The third-order valence-corrected chi connectivity index (χ3v) is 4.24. The molecule has 1 aliphatic heterocycles. The molecule has 1 aliphatic rings. The molecule has 0 fully saturated rings. The van der Waals surface area contributed by atoms with Gasteiger partial charge in [-0.15, -0.1) is 24.1 Å². The van der Waals surface area contributed by atoms with E-state index in [9.17, 15) is 0 Å². The van der Waals surface area contributed by atoms with Crippen molar-refractivity contribution < 1.29 is 0 Å². The lowest BCUT2D eigenvalue weighted by molar-refractivity contribution is 0.443. The maximum Gasteiger partial charge on any atom is 0.0296 e. The van der Waals surface area contributed by atoms with Crippen molar-refractivity contribution in [2.75, 3.05) is 5.75 Å². The van der Waals surface area contributed by atoms with Crippen LogP contribution in [0.25, 0.3) is 0 Å². The van der Waals surface area contributed by atoms with Gasteiger partial charge in [-0.25, -0.2) is 0 Å². The van der Waals surface area contributed by atoms with Crippen LogP contribution in [0.4, 0.5) is 0 Å². The molecule has 2 unspecified atom stereocenters. The van der Waals surface area contributed by atoms with Gasteiger partial charge in [0.25, 0.3) is 0 Å². The second-order valence-corrected chi connectivity index (χ2v) is 5.03. The van der Waals surface area contributed by atoms with Crippen LogP contribution in [-0.2, 0) is 0 Å². The molecule has 0 saturated heterocycles. The summed E-state index contributed by atoms with van der Waals surface area (Å²) in [6.07, 6.45) is 7.01. The van der Waals surface area contributed by atoms with Crippen LogP contribution >= 0.6 is 11.8 Å². The second kappa shape index (κ2) is 5.40. The molecule has 1 heterocycles. The first kappa shape index (κ1) is 11.5. The van der Waals surface area contributed by atoms with E-state index in [-0.39, 0.29) is 6.04 Å². The molecular weight excluding hydrogens is 216 g/mol. The molecule has 3 N–H and O–H groups in total. The zero-order valence-electron chi connectivity index (χ0n) is 9.15. The Bertz CT molecular complexity index is 397. The SMILES string of the molecule is C#CCCC(NN)C1CSc2ccccc21. The van der Waals surface area contributed by atoms with Gasteiger partial charge >= 0.3 is 0 Å². The van der Waals surface area contributed by atoms with Crippen molar-refractivity contribution in [2.45, 2.75) is 29.7 Å². The number of benzene rings is 1. The summed E-state index contributed by atoms with van der Waals surface area (Å²) in [5.41, 5.74) is 4.32. The van der Waals surface area contributed by atoms with Crippen molar-refractivity contribution in [2.24, 2.45) is 5.84 Å². The Morgan fingerprint density at radius 1 is 1.56 bits per heavy atom. The maximum absolute atomic E-state index is 5.62. The molecule has 0 spiro atoms. The first-order valence-corrected chi connectivity index (χ1v) is 6.46. The van der Waals surface area contributed by atoms with E-state index in [0.29, 0.717) is 5.92 Å². The Kier molecular flexibility index (Phi) is 3.89. The number of terminal acetylenes is 1. The van der Waals surface area contributed by atoms with Gasteiger partial charge in [-0.05, 0) is 18.1 Å². The predicted molar refractivity (Wildman–Crippen MR) is 69.1 cm³/mol. The number of thioether (sulfide) groups is 1. The van der Waals surface area contributed by atoms with E-state index in [1.54, 1.807) is 0 Å². The van der Waals surface area contributed by atoms with Gasteiger partial charge in [0, 0.05) is 29.0 Å². The van der Waals surface area contributed by atoms with Gasteiger partial charge < -0.3 is 0 Å². The van der Waals surface area contributed by atoms with Gasteiger partial charge in [0.1, 0.15) is 0 Å². The molecule has 0 aromatic heterocycles. The average Bonchev–Trinajstić information content (AvgIpc) is 2.75. The number of hydrogen-bond donors (Lipinski definition) is 2. The van der Waals surface area contributed by atoms with E-state index in [1.165, 1.54) is 10.5 Å². The van der Waals surface area contributed by atoms with E-state index in [1.807, 2.05) is 11.8 Å². The average molecular weight is 232 g/mol. The lowest BCUT2D eigenvalue weighted by Gasteiger charge is -2.22. The number of nitrogens with one attached hydrogen (secondary N) is 1. The van der Waals surface area contributed by atoms with Crippen LogP contribution in [0.2, 0.25) is 0 Å². The van der Waals surface area contributed by atoms with E-state index in [2.05, 4.69) is 35.6 Å². The summed E-state index contributed by atoms with van der Waals surface area (Å²) in [6, 6.07) is 8.83. The molecule has 0 saturated carbocycles. The maximum atomic E-state index is 5.62. The minimum absolute atomic E-state index is 0.284. The van der Waals surface area contributed by atoms with Crippen molar-refractivity contribution in [3.63, 3.8) is 0 Å². The van der Waals surface area contributed by atoms with E-state index >= 15 is 0 Å². The third kappa shape index (κ3) is 2.25. The smallest absolute Gasteiger partial charge is 0.0296 e. The fourth-order valence-corrected chi connectivity index (χ4v) is 3.49. The molecule has 0 amide bonds. The molecule has 3 heteroatoms. The van der Waals surface area contributed by atoms with Gasteiger partial charge in [-0.3, -0.25) is 11.3 Å². The van der Waals surface area contributed by atoms with Gasteiger partial charge in [-0.1, -0.05) is 18.2 Å². The first-order valence-electron chi connectivity index (χ1n) is 5.48. The van der Waals surface area contributed by atoms with Crippen molar-refractivity contribution in [3.8, 4) is 12.3 Å². The molecule has 0 bridgehead atoms. The Balaban J connectivity index is 2.14. The van der Waals surface area contributed by atoms with Crippen molar-refractivity contribution in [3.05, 3.63) is 29.8 Å². The van der Waals surface area contributed by atoms with Crippen molar-refractivity contribution in [1.29, 1.82) is 0 Å². The minimum Gasteiger partial charge on any atom is -0.271 e. The quantitative estimate of drug-likeness (QED) is 0.474. The van der Waals surface area contributed by atoms with Gasteiger partial charge in [0.15, 0.2) is 0 Å². The molecule has 0 aliphatic carbocycles. The normalized spacial score (nSPS) is 20.1. The molecule has 1 aromatic rings. The Hall–Kier alpha value is -0.950. The Morgan fingerprint density at radius 3 is 3.12 bits per heavy atom. The highest BCUT2D eigenvalue weighted by molar-refractivity contribution is 7.99. The van der Waals surface area contributed by atoms with E-state index in [4.69, 9.17) is 12.3 Å². The van der Waals surface area contributed by atoms with Gasteiger partial charge in [0.2, 0.25) is 0 Å². The minimum atomic E-state index is 0.284. The van der Waals surface area contributed by atoms with Crippen LogP contribution in [-0.4, -0.2) is 11.8 Å². The number of rotatable bonds is 4. The Labute approximate surface area is 101 Å². The summed E-state index contributed by atoms with van der Waals surface area (Å²) in [6.45, 7) is 0. The summed E-state index contributed by atoms with van der Waals surface area (Å²) in [4.78, 5) is 1.38. The summed E-state index contributed by atoms with van der Waals surface area (Å²) in [5, 5.41) is 0. The fourth-order valence-electron chi connectivity index (χ4n) is 2.16. The van der Waals surface area contributed by atoms with Crippen molar-refractivity contribution >= 4 is 11.8 Å². The van der Waals surface area contributed by atoms with Gasteiger partial charge in [0.05, 0.1) is 0 Å². The molecule has 0 radical (unpaired) electrons.